The minimum atomic E-state index is -0.306. The van der Waals surface area contributed by atoms with Crippen molar-refractivity contribution in [3.63, 3.8) is 0 Å². The van der Waals surface area contributed by atoms with E-state index >= 15 is 0 Å². The van der Waals surface area contributed by atoms with Crippen molar-refractivity contribution in [2.45, 2.75) is 63.1 Å². The lowest BCUT2D eigenvalue weighted by Gasteiger charge is -2.26. The minimum absolute atomic E-state index is 0.0601. The van der Waals surface area contributed by atoms with Gasteiger partial charge in [-0.25, -0.2) is 4.98 Å². The first-order valence-electron chi connectivity index (χ1n) is 10.4. The third-order valence-electron chi connectivity index (χ3n) is 5.28. The molecule has 0 bridgehead atoms. The van der Waals surface area contributed by atoms with Gasteiger partial charge in [0.15, 0.2) is 5.16 Å². The number of rotatable bonds is 6. The average molecular weight is 462 g/mol. The van der Waals surface area contributed by atoms with Gasteiger partial charge in [-0.15, -0.1) is 5.10 Å². The Morgan fingerprint density at radius 2 is 2.06 bits per heavy atom. The molecule has 1 N–H and O–H groups in total. The maximum absolute atomic E-state index is 13.3. The van der Waals surface area contributed by atoms with E-state index < -0.39 is 0 Å². The summed E-state index contributed by atoms with van der Waals surface area (Å²) in [7, 11) is 0. The van der Waals surface area contributed by atoms with Crippen LogP contribution in [0.4, 0.5) is 6.01 Å². The number of benzene rings is 1. The van der Waals surface area contributed by atoms with E-state index in [1.54, 1.807) is 22.8 Å². The maximum Gasteiger partial charge on any atom is 0.322 e. The molecule has 2 aromatic heterocycles. The van der Waals surface area contributed by atoms with Crippen molar-refractivity contribution < 1.29 is 9.21 Å². The second-order valence-corrected chi connectivity index (χ2v) is 9.34. The molecule has 1 amide bonds. The summed E-state index contributed by atoms with van der Waals surface area (Å²) in [5.41, 5.74) is 0.445. The number of amides is 1. The number of halogens is 1. The van der Waals surface area contributed by atoms with Crippen LogP contribution in [0.25, 0.3) is 10.9 Å². The fraction of sp³-hybridized carbons (Fsp3) is 0.476. The van der Waals surface area contributed by atoms with Crippen LogP contribution in [0.3, 0.4) is 0 Å². The summed E-state index contributed by atoms with van der Waals surface area (Å²) in [5.74, 6) is 0.290. The monoisotopic (exact) mass is 461 g/mol. The first-order chi connectivity index (χ1) is 14.9. The van der Waals surface area contributed by atoms with Crippen LogP contribution in [0.15, 0.2) is 32.6 Å². The van der Waals surface area contributed by atoms with Crippen molar-refractivity contribution >= 4 is 46.2 Å². The first kappa shape index (κ1) is 21.8. The normalized spacial score (nSPS) is 15.0. The van der Waals surface area contributed by atoms with Crippen LogP contribution >= 0.6 is 23.4 Å². The van der Waals surface area contributed by atoms with Crippen LogP contribution in [-0.2, 0) is 4.79 Å². The number of thioether (sulfide) groups is 1. The Labute approximate surface area is 188 Å². The number of hydrogen-bond acceptors (Lipinski definition) is 7. The molecule has 0 aliphatic heterocycles. The third-order valence-corrected chi connectivity index (χ3v) is 6.47. The molecule has 1 fully saturated rings. The number of carbonyl (C=O) groups is 1. The van der Waals surface area contributed by atoms with Gasteiger partial charge >= 0.3 is 6.01 Å². The van der Waals surface area contributed by atoms with Crippen molar-refractivity contribution in [2.24, 2.45) is 0 Å². The summed E-state index contributed by atoms with van der Waals surface area (Å²) in [4.78, 5) is 30.4. The van der Waals surface area contributed by atoms with Crippen molar-refractivity contribution in [3.8, 4) is 0 Å². The second kappa shape index (κ2) is 9.40. The summed E-state index contributed by atoms with van der Waals surface area (Å²) in [5, 5.41) is 11.9. The Morgan fingerprint density at radius 1 is 1.29 bits per heavy atom. The lowest BCUT2D eigenvalue weighted by Crippen LogP contribution is -2.29. The van der Waals surface area contributed by atoms with Crippen LogP contribution in [0.5, 0.6) is 0 Å². The SMILES string of the molecule is CC(C)c1nnc(NC(=O)CSc2nc3cc(Cl)ccc3c(=O)n2C2CCCCC2)o1. The number of carbonyl (C=O) groups excluding carboxylic acids is 1. The molecule has 4 rings (SSSR count). The van der Waals surface area contributed by atoms with Crippen LogP contribution in [-0.4, -0.2) is 31.4 Å². The van der Waals surface area contributed by atoms with Gasteiger partial charge < -0.3 is 4.42 Å². The summed E-state index contributed by atoms with van der Waals surface area (Å²) in [6.07, 6.45) is 5.20. The van der Waals surface area contributed by atoms with Crippen molar-refractivity contribution in [2.75, 3.05) is 11.1 Å². The summed E-state index contributed by atoms with van der Waals surface area (Å²) in [6.45, 7) is 3.86. The summed E-state index contributed by atoms with van der Waals surface area (Å²) >= 11 is 7.33. The summed E-state index contributed by atoms with van der Waals surface area (Å²) < 4.78 is 7.19. The van der Waals surface area contributed by atoms with Gasteiger partial charge in [-0.05, 0) is 31.0 Å². The minimum Gasteiger partial charge on any atom is -0.408 e. The highest BCUT2D eigenvalue weighted by atomic mass is 35.5. The predicted octanol–water partition coefficient (Wildman–Crippen LogP) is 4.79. The van der Waals surface area contributed by atoms with Crippen molar-refractivity contribution in [1.82, 2.24) is 19.7 Å². The molecule has 0 radical (unpaired) electrons. The fourth-order valence-corrected chi connectivity index (χ4v) is 4.75. The highest BCUT2D eigenvalue weighted by molar-refractivity contribution is 7.99. The molecule has 3 aromatic rings. The molecule has 10 heteroatoms. The molecule has 1 saturated carbocycles. The van der Waals surface area contributed by atoms with Crippen LogP contribution in [0.2, 0.25) is 5.02 Å². The van der Waals surface area contributed by atoms with Crippen LogP contribution < -0.4 is 10.9 Å². The molecule has 164 valence electrons. The van der Waals surface area contributed by atoms with Gasteiger partial charge in [-0.3, -0.25) is 19.5 Å². The molecule has 1 aromatic carbocycles. The molecule has 8 nitrogen and oxygen atoms in total. The van der Waals surface area contributed by atoms with E-state index in [0.29, 0.717) is 27.0 Å². The van der Waals surface area contributed by atoms with Gasteiger partial charge in [0.2, 0.25) is 11.8 Å². The molecule has 0 unspecified atom stereocenters. The van der Waals surface area contributed by atoms with Gasteiger partial charge in [-0.2, -0.15) is 0 Å². The zero-order valence-corrected chi connectivity index (χ0v) is 19.0. The van der Waals surface area contributed by atoms with Crippen LogP contribution in [0.1, 0.15) is 63.8 Å². The Kier molecular flexibility index (Phi) is 6.62. The number of aromatic nitrogens is 4. The molecule has 31 heavy (non-hydrogen) atoms. The first-order valence-corrected chi connectivity index (χ1v) is 11.8. The third kappa shape index (κ3) is 4.93. The molecule has 0 spiro atoms. The Bertz CT molecular complexity index is 1150. The lowest BCUT2D eigenvalue weighted by atomic mass is 9.95. The van der Waals surface area contributed by atoms with Crippen LogP contribution in [0, 0.1) is 0 Å². The molecular formula is C21H24ClN5O3S. The van der Waals surface area contributed by atoms with E-state index in [1.165, 1.54) is 18.2 Å². The van der Waals surface area contributed by atoms with Gasteiger partial charge in [-0.1, -0.05) is 61.6 Å². The van der Waals surface area contributed by atoms with Crippen molar-refractivity contribution in [3.05, 3.63) is 39.5 Å². The zero-order valence-electron chi connectivity index (χ0n) is 17.4. The molecule has 0 atom stereocenters. The Hall–Kier alpha value is -2.39. The highest BCUT2D eigenvalue weighted by Crippen LogP contribution is 2.31. The highest BCUT2D eigenvalue weighted by Gasteiger charge is 2.23. The Morgan fingerprint density at radius 3 is 2.77 bits per heavy atom. The molecule has 0 saturated heterocycles. The van der Waals surface area contributed by atoms with Gasteiger partial charge in [0.25, 0.3) is 5.56 Å². The number of nitrogens with one attached hydrogen (secondary N) is 1. The average Bonchev–Trinajstić information content (AvgIpc) is 3.21. The standard InChI is InChI=1S/C21H24ClN5O3S/c1-12(2)18-25-26-20(30-18)24-17(28)11-31-21-23-16-10-13(22)8-9-15(16)19(29)27(21)14-6-4-3-5-7-14/h8-10,12,14H,3-7,11H2,1-2H3,(H,24,26,28). The lowest BCUT2D eigenvalue weighted by molar-refractivity contribution is -0.113. The van der Waals surface area contributed by atoms with Gasteiger partial charge in [0.05, 0.1) is 16.7 Å². The molecule has 1 aliphatic carbocycles. The van der Waals surface area contributed by atoms with E-state index in [0.717, 1.165) is 25.7 Å². The quantitative estimate of drug-likeness (QED) is 0.415. The summed E-state index contributed by atoms with van der Waals surface area (Å²) in [6, 6.07) is 5.25. The smallest absolute Gasteiger partial charge is 0.322 e. The zero-order chi connectivity index (χ0) is 22.0. The number of fused-ring (bicyclic) bond motifs is 1. The predicted molar refractivity (Wildman–Crippen MR) is 121 cm³/mol. The number of hydrogen-bond donors (Lipinski definition) is 1. The molecule has 1 aliphatic rings. The Balaban J connectivity index is 1.58. The molecular weight excluding hydrogens is 438 g/mol. The fourth-order valence-electron chi connectivity index (χ4n) is 3.72. The van der Waals surface area contributed by atoms with Gasteiger partial charge in [0.1, 0.15) is 0 Å². The van der Waals surface area contributed by atoms with E-state index in [1.807, 2.05) is 13.8 Å². The topological polar surface area (TPSA) is 103 Å². The van der Waals surface area contributed by atoms with E-state index in [-0.39, 0.29) is 35.2 Å². The second-order valence-electron chi connectivity index (χ2n) is 7.96. The van der Waals surface area contributed by atoms with E-state index in [2.05, 4.69) is 20.5 Å². The maximum atomic E-state index is 13.3. The number of anilines is 1. The largest absolute Gasteiger partial charge is 0.408 e. The van der Waals surface area contributed by atoms with Gasteiger partial charge in [0, 0.05) is 17.0 Å². The number of nitrogens with zero attached hydrogens (tertiary/aromatic N) is 4. The van der Waals surface area contributed by atoms with E-state index in [4.69, 9.17) is 16.0 Å². The van der Waals surface area contributed by atoms with E-state index in [9.17, 15) is 9.59 Å². The molecule has 2 heterocycles. The van der Waals surface area contributed by atoms with Crippen molar-refractivity contribution in [1.29, 1.82) is 0 Å².